The fourth-order valence-corrected chi connectivity index (χ4v) is 5.28. The van der Waals surface area contributed by atoms with Gasteiger partial charge < -0.3 is 0 Å². The fraction of sp³-hybridized carbons (Fsp3) is 0.333. The zero-order chi connectivity index (χ0) is 18.9. The molecule has 1 aliphatic rings. The van der Waals surface area contributed by atoms with E-state index in [1.807, 2.05) is 24.3 Å². The van der Waals surface area contributed by atoms with Crippen LogP contribution in [0.15, 0.2) is 58.3 Å². The summed E-state index contributed by atoms with van der Waals surface area (Å²) in [7, 11) is -4.47. The number of nitrogens with zero attached hydrogens (tertiary/aromatic N) is 1. The van der Waals surface area contributed by atoms with Crippen LogP contribution in [0.5, 0.6) is 0 Å². The summed E-state index contributed by atoms with van der Waals surface area (Å²) in [4.78, 5) is 0.114. The molecule has 8 heteroatoms. The number of hydrogen-bond acceptors (Lipinski definition) is 4. The molecule has 3 rings (SSSR count). The molecule has 0 aromatic heterocycles. The van der Waals surface area contributed by atoms with Crippen LogP contribution in [0, 0.1) is 0 Å². The second-order valence-electron chi connectivity index (χ2n) is 6.52. The first-order valence-corrected chi connectivity index (χ1v) is 11.3. The molecule has 0 saturated heterocycles. The highest BCUT2D eigenvalue weighted by Crippen LogP contribution is 2.31. The third-order valence-corrected chi connectivity index (χ3v) is 7.90. The van der Waals surface area contributed by atoms with E-state index in [9.17, 15) is 16.8 Å². The maximum absolute atomic E-state index is 12.7. The number of sulfonamides is 2. The Bertz CT molecular complexity index is 998. The number of benzene rings is 2. The van der Waals surface area contributed by atoms with E-state index in [-0.39, 0.29) is 15.8 Å². The second-order valence-corrected chi connectivity index (χ2v) is 10.4. The summed E-state index contributed by atoms with van der Waals surface area (Å²) in [5.41, 5.74) is 2.17. The molecule has 0 aliphatic heterocycles. The highest BCUT2D eigenvalue weighted by Gasteiger charge is 2.26. The van der Waals surface area contributed by atoms with Gasteiger partial charge >= 0.3 is 0 Å². The largest absolute Gasteiger partial charge is 0.242 e. The standard InChI is InChI=1S/C18H22N2O4S2/c1-20(2)26(23,24)16-12-10-15(11-13-16)25(21,22)19-18-9-5-7-14-6-3-4-8-17(14)18/h3-4,6,8,10-13,18-19H,5,7,9H2,1-2H3/t18-/m1/s1. The first-order chi connectivity index (χ1) is 12.2. The molecule has 1 N–H and O–H groups in total. The van der Waals surface area contributed by atoms with Gasteiger partial charge in [0, 0.05) is 20.1 Å². The predicted molar refractivity (Wildman–Crippen MR) is 99.8 cm³/mol. The van der Waals surface area contributed by atoms with E-state index >= 15 is 0 Å². The Labute approximate surface area is 155 Å². The van der Waals surface area contributed by atoms with Crippen molar-refractivity contribution in [3.05, 3.63) is 59.7 Å². The lowest BCUT2D eigenvalue weighted by Gasteiger charge is -2.26. The molecule has 0 radical (unpaired) electrons. The summed E-state index contributed by atoms with van der Waals surface area (Å²) in [6.45, 7) is 0. The molecule has 0 heterocycles. The molecule has 6 nitrogen and oxygen atoms in total. The summed E-state index contributed by atoms with van der Waals surface area (Å²) < 4.78 is 53.5. The van der Waals surface area contributed by atoms with Crippen molar-refractivity contribution < 1.29 is 16.8 Å². The molecule has 1 aliphatic carbocycles. The lowest BCUT2D eigenvalue weighted by atomic mass is 9.88. The third-order valence-electron chi connectivity index (χ3n) is 4.58. The lowest BCUT2D eigenvalue weighted by Crippen LogP contribution is -2.31. The van der Waals surface area contributed by atoms with Crippen molar-refractivity contribution in [2.75, 3.05) is 14.1 Å². The van der Waals surface area contributed by atoms with E-state index in [0.29, 0.717) is 0 Å². The van der Waals surface area contributed by atoms with Gasteiger partial charge in [0.25, 0.3) is 0 Å². The molecule has 0 bridgehead atoms. The summed E-state index contributed by atoms with van der Waals surface area (Å²) in [5, 5.41) is 0. The Morgan fingerprint density at radius 2 is 1.54 bits per heavy atom. The molecule has 0 spiro atoms. The van der Waals surface area contributed by atoms with Gasteiger partial charge in [-0.2, -0.15) is 0 Å². The van der Waals surface area contributed by atoms with Crippen LogP contribution in [0.1, 0.15) is 30.0 Å². The lowest BCUT2D eigenvalue weighted by molar-refractivity contribution is 0.507. The van der Waals surface area contributed by atoms with Gasteiger partial charge in [0.2, 0.25) is 20.0 Å². The highest BCUT2D eigenvalue weighted by molar-refractivity contribution is 7.89. The first kappa shape index (κ1) is 19.0. The molecule has 1 atom stereocenters. The average molecular weight is 395 g/mol. The van der Waals surface area contributed by atoms with Crippen molar-refractivity contribution >= 4 is 20.0 Å². The number of rotatable bonds is 5. The van der Waals surface area contributed by atoms with Crippen molar-refractivity contribution in [1.82, 2.24) is 9.03 Å². The molecule has 140 valence electrons. The quantitative estimate of drug-likeness (QED) is 0.843. The topological polar surface area (TPSA) is 83.6 Å². The minimum atomic E-state index is -3.74. The monoisotopic (exact) mass is 394 g/mol. The van der Waals surface area contributed by atoms with Crippen molar-refractivity contribution in [2.45, 2.75) is 35.1 Å². The van der Waals surface area contributed by atoms with Crippen LogP contribution in [0.2, 0.25) is 0 Å². The van der Waals surface area contributed by atoms with Crippen molar-refractivity contribution in [3.8, 4) is 0 Å². The van der Waals surface area contributed by atoms with Crippen LogP contribution in [-0.4, -0.2) is 35.2 Å². The van der Waals surface area contributed by atoms with E-state index in [2.05, 4.69) is 4.72 Å². The van der Waals surface area contributed by atoms with Gasteiger partial charge in [-0.1, -0.05) is 24.3 Å². The van der Waals surface area contributed by atoms with E-state index < -0.39 is 20.0 Å². The van der Waals surface area contributed by atoms with Gasteiger partial charge in [0.1, 0.15) is 0 Å². The average Bonchev–Trinajstić information content (AvgIpc) is 2.62. The van der Waals surface area contributed by atoms with Gasteiger partial charge in [-0.05, 0) is 54.7 Å². The number of hydrogen-bond donors (Lipinski definition) is 1. The maximum atomic E-state index is 12.7. The molecule has 0 fully saturated rings. The molecule has 0 amide bonds. The van der Waals surface area contributed by atoms with Gasteiger partial charge in [-0.15, -0.1) is 0 Å². The van der Waals surface area contributed by atoms with Crippen LogP contribution in [-0.2, 0) is 26.5 Å². The fourth-order valence-electron chi connectivity index (χ4n) is 3.13. The summed E-state index contributed by atoms with van der Waals surface area (Å²) in [5.74, 6) is 0. The van der Waals surface area contributed by atoms with Crippen LogP contribution < -0.4 is 4.72 Å². The van der Waals surface area contributed by atoms with Crippen LogP contribution in [0.3, 0.4) is 0 Å². The highest BCUT2D eigenvalue weighted by atomic mass is 32.2. The maximum Gasteiger partial charge on any atom is 0.242 e. The number of fused-ring (bicyclic) bond motifs is 1. The molecular weight excluding hydrogens is 372 g/mol. The Morgan fingerprint density at radius 3 is 2.19 bits per heavy atom. The van der Waals surface area contributed by atoms with Crippen molar-refractivity contribution in [3.63, 3.8) is 0 Å². The zero-order valence-corrected chi connectivity index (χ0v) is 16.3. The second kappa shape index (κ2) is 7.11. The Kier molecular flexibility index (Phi) is 5.21. The molecule has 26 heavy (non-hydrogen) atoms. The van der Waals surface area contributed by atoms with E-state index in [4.69, 9.17) is 0 Å². The van der Waals surface area contributed by atoms with E-state index in [0.717, 1.165) is 29.1 Å². The van der Waals surface area contributed by atoms with E-state index in [1.54, 1.807) is 0 Å². The summed E-state index contributed by atoms with van der Waals surface area (Å²) in [6.07, 6.45) is 2.61. The molecule has 2 aromatic rings. The molecular formula is C18H22N2O4S2. The zero-order valence-electron chi connectivity index (χ0n) is 14.7. The normalized spacial score (nSPS) is 17.9. The van der Waals surface area contributed by atoms with Crippen molar-refractivity contribution in [2.24, 2.45) is 0 Å². The Morgan fingerprint density at radius 1 is 0.923 bits per heavy atom. The molecule has 2 aromatic carbocycles. The van der Waals surface area contributed by atoms with Crippen LogP contribution in [0.4, 0.5) is 0 Å². The van der Waals surface area contributed by atoms with Gasteiger partial charge in [0.05, 0.1) is 9.79 Å². The first-order valence-electron chi connectivity index (χ1n) is 8.34. The van der Waals surface area contributed by atoms with Crippen LogP contribution >= 0.6 is 0 Å². The predicted octanol–water partition coefficient (Wildman–Crippen LogP) is 2.29. The van der Waals surface area contributed by atoms with Gasteiger partial charge in [-0.3, -0.25) is 0 Å². The van der Waals surface area contributed by atoms with E-state index in [1.165, 1.54) is 43.9 Å². The minimum absolute atomic E-state index is 0.0539. The molecule has 0 unspecified atom stereocenters. The van der Waals surface area contributed by atoms with Gasteiger partial charge in [-0.25, -0.2) is 25.9 Å². The smallest absolute Gasteiger partial charge is 0.207 e. The van der Waals surface area contributed by atoms with Gasteiger partial charge in [0.15, 0.2) is 0 Å². The summed E-state index contributed by atoms with van der Waals surface area (Å²) >= 11 is 0. The number of nitrogens with one attached hydrogen (secondary N) is 1. The Balaban J connectivity index is 1.86. The Hall–Kier alpha value is -1.74. The SMILES string of the molecule is CN(C)S(=O)(=O)c1ccc(S(=O)(=O)N[C@@H]2CCCc3ccccc32)cc1. The van der Waals surface area contributed by atoms with Crippen molar-refractivity contribution in [1.29, 1.82) is 0 Å². The third kappa shape index (κ3) is 3.68. The molecule has 0 saturated carbocycles. The minimum Gasteiger partial charge on any atom is -0.207 e. The number of aryl methyl sites for hydroxylation is 1. The summed E-state index contributed by atoms with van der Waals surface area (Å²) in [6, 6.07) is 12.9. The van der Waals surface area contributed by atoms with Crippen LogP contribution in [0.25, 0.3) is 0 Å².